The van der Waals surface area contributed by atoms with Gasteiger partial charge in [0.05, 0.1) is 0 Å². The highest BCUT2D eigenvalue weighted by Crippen LogP contribution is 2.51. The molecule has 0 saturated heterocycles. The molecule has 0 aromatic heterocycles. The molecule has 0 radical (unpaired) electrons. The SMILES string of the molecule is CC(C)(C)N[Si](c1ccccc1)(c1ccccc1)C1CC(N2Cc3ccccc3C2)C2C=CC=CC21. The van der Waals surface area contributed by atoms with Crippen molar-refractivity contribution in [3.05, 3.63) is 120 Å². The van der Waals surface area contributed by atoms with Crippen LogP contribution < -0.4 is 15.4 Å². The van der Waals surface area contributed by atoms with Crippen LogP contribution in [0.25, 0.3) is 0 Å². The Morgan fingerprint density at radius 2 is 1.19 bits per heavy atom. The van der Waals surface area contributed by atoms with Crippen molar-refractivity contribution in [1.82, 2.24) is 9.88 Å². The lowest BCUT2D eigenvalue weighted by Crippen LogP contribution is -2.75. The second-order valence-corrected chi connectivity index (χ2v) is 15.7. The molecular weight excluding hydrogens is 452 g/mol. The molecule has 3 aromatic carbocycles. The average molecular weight is 491 g/mol. The van der Waals surface area contributed by atoms with Gasteiger partial charge in [-0.25, -0.2) is 0 Å². The minimum absolute atomic E-state index is 0.00356. The number of hydrogen-bond acceptors (Lipinski definition) is 2. The maximum absolute atomic E-state index is 4.37. The topological polar surface area (TPSA) is 15.3 Å². The van der Waals surface area contributed by atoms with E-state index in [-0.39, 0.29) is 5.54 Å². The van der Waals surface area contributed by atoms with Crippen LogP contribution in [0, 0.1) is 11.8 Å². The number of nitrogens with one attached hydrogen (secondary N) is 1. The fraction of sp³-hybridized carbons (Fsp3) is 0.333. The zero-order valence-electron chi connectivity index (χ0n) is 21.8. The summed E-state index contributed by atoms with van der Waals surface area (Å²) in [6, 6.07) is 32.5. The highest BCUT2D eigenvalue weighted by molar-refractivity contribution is 7.01. The van der Waals surface area contributed by atoms with Crippen molar-refractivity contribution in [1.29, 1.82) is 0 Å². The summed E-state index contributed by atoms with van der Waals surface area (Å²) < 4.78 is 0. The lowest BCUT2D eigenvalue weighted by molar-refractivity contribution is 0.171. The van der Waals surface area contributed by atoms with Crippen molar-refractivity contribution >= 4 is 18.6 Å². The van der Waals surface area contributed by atoms with Gasteiger partial charge in [0.25, 0.3) is 0 Å². The van der Waals surface area contributed by atoms with Crippen LogP contribution in [0.4, 0.5) is 0 Å². The quantitative estimate of drug-likeness (QED) is 0.465. The Morgan fingerprint density at radius 1 is 0.694 bits per heavy atom. The molecule has 1 heterocycles. The van der Waals surface area contributed by atoms with Gasteiger partial charge < -0.3 is 4.98 Å². The summed E-state index contributed by atoms with van der Waals surface area (Å²) in [4.78, 5) is 7.14. The molecular formula is C33H38N2Si. The van der Waals surface area contributed by atoms with Crippen LogP contribution in [-0.2, 0) is 13.1 Å². The van der Waals surface area contributed by atoms with E-state index in [0.29, 0.717) is 23.4 Å². The number of benzene rings is 3. The van der Waals surface area contributed by atoms with Gasteiger partial charge >= 0.3 is 0 Å². The fourth-order valence-electron chi connectivity index (χ4n) is 7.28. The standard InChI is InChI=1S/C33H38N2Si/c1-33(2,3)34-36(27-16-6-4-7-17-27,28-18-8-5-9-19-28)32-22-31(29-20-12-13-21-30(29)32)35-23-25-14-10-11-15-26(25)24-35/h4-21,29-32,34H,22-24H2,1-3H3. The minimum atomic E-state index is -2.39. The van der Waals surface area contributed by atoms with Crippen molar-refractivity contribution in [3.8, 4) is 0 Å². The average Bonchev–Trinajstić information content (AvgIpc) is 3.50. The second kappa shape index (κ2) is 9.30. The van der Waals surface area contributed by atoms with E-state index in [0.717, 1.165) is 13.1 Å². The Labute approximate surface area is 217 Å². The first-order valence-electron chi connectivity index (χ1n) is 13.5. The zero-order valence-corrected chi connectivity index (χ0v) is 22.8. The summed E-state index contributed by atoms with van der Waals surface area (Å²) in [5.74, 6) is 1.08. The Balaban J connectivity index is 1.48. The molecule has 4 unspecified atom stereocenters. The van der Waals surface area contributed by atoms with Gasteiger partial charge in [-0.05, 0) is 66.1 Å². The smallest absolute Gasteiger partial charge is 0.194 e. The number of allylic oxidation sites excluding steroid dienone is 3. The van der Waals surface area contributed by atoms with E-state index in [1.54, 1.807) is 0 Å². The maximum Gasteiger partial charge on any atom is 0.194 e. The monoisotopic (exact) mass is 490 g/mol. The summed E-state index contributed by atoms with van der Waals surface area (Å²) in [5.41, 5.74) is 3.58. The Morgan fingerprint density at radius 3 is 1.72 bits per heavy atom. The summed E-state index contributed by atoms with van der Waals surface area (Å²) in [7, 11) is -2.39. The largest absolute Gasteiger partial charge is 0.325 e. The number of rotatable bonds is 5. The molecule has 3 aliphatic rings. The zero-order chi connectivity index (χ0) is 24.8. The van der Waals surface area contributed by atoms with Crippen LogP contribution in [0.5, 0.6) is 0 Å². The summed E-state index contributed by atoms with van der Waals surface area (Å²) in [5, 5.41) is 3.01. The number of fused-ring (bicyclic) bond motifs is 2. The summed E-state index contributed by atoms with van der Waals surface area (Å²) in [6.45, 7) is 9.19. The molecule has 1 aliphatic heterocycles. The van der Waals surface area contributed by atoms with E-state index >= 15 is 0 Å². The van der Waals surface area contributed by atoms with Crippen molar-refractivity contribution in [2.24, 2.45) is 11.8 Å². The summed E-state index contributed by atoms with van der Waals surface area (Å²) in [6.07, 6.45) is 10.9. The van der Waals surface area contributed by atoms with Gasteiger partial charge in [0.1, 0.15) is 0 Å². The normalized spacial score (nSPS) is 25.6. The third kappa shape index (κ3) is 4.13. The van der Waals surface area contributed by atoms with Gasteiger partial charge in [-0.15, -0.1) is 0 Å². The highest BCUT2D eigenvalue weighted by Gasteiger charge is 2.57. The minimum Gasteiger partial charge on any atom is -0.325 e. The van der Waals surface area contributed by atoms with Gasteiger partial charge in [0, 0.05) is 24.7 Å². The van der Waals surface area contributed by atoms with Gasteiger partial charge in [0.15, 0.2) is 8.24 Å². The maximum atomic E-state index is 4.37. The van der Waals surface area contributed by atoms with E-state index in [1.807, 2.05) is 0 Å². The fourth-order valence-corrected chi connectivity index (χ4v) is 13.1. The summed E-state index contributed by atoms with van der Waals surface area (Å²) >= 11 is 0. The Kier molecular flexibility index (Phi) is 6.11. The molecule has 184 valence electrons. The molecule has 1 fully saturated rings. The van der Waals surface area contributed by atoms with E-state index < -0.39 is 8.24 Å². The van der Waals surface area contributed by atoms with Crippen LogP contribution in [0.1, 0.15) is 38.3 Å². The molecule has 2 nitrogen and oxygen atoms in total. The van der Waals surface area contributed by atoms with Crippen LogP contribution in [0.3, 0.4) is 0 Å². The highest BCUT2D eigenvalue weighted by atomic mass is 28.3. The van der Waals surface area contributed by atoms with Crippen molar-refractivity contribution in [3.63, 3.8) is 0 Å². The Bertz CT molecular complexity index is 1190. The molecule has 0 amide bonds. The van der Waals surface area contributed by atoms with E-state index in [1.165, 1.54) is 27.9 Å². The first kappa shape index (κ1) is 23.7. The number of nitrogens with zero attached hydrogens (tertiary/aromatic N) is 1. The molecule has 4 atom stereocenters. The van der Waals surface area contributed by atoms with E-state index in [4.69, 9.17) is 0 Å². The van der Waals surface area contributed by atoms with Gasteiger partial charge in [0.2, 0.25) is 0 Å². The predicted octanol–water partition coefficient (Wildman–Crippen LogP) is 5.65. The van der Waals surface area contributed by atoms with Crippen LogP contribution >= 0.6 is 0 Å². The lowest BCUT2D eigenvalue weighted by atomic mass is 9.89. The van der Waals surface area contributed by atoms with Crippen LogP contribution in [0.2, 0.25) is 5.54 Å². The van der Waals surface area contributed by atoms with Crippen molar-refractivity contribution < 1.29 is 0 Å². The third-order valence-electron chi connectivity index (χ3n) is 8.55. The molecule has 3 heteroatoms. The number of hydrogen-bond donors (Lipinski definition) is 1. The second-order valence-electron chi connectivity index (χ2n) is 11.9. The molecule has 1 saturated carbocycles. The van der Waals surface area contributed by atoms with Crippen molar-refractivity contribution in [2.75, 3.05) is 0 Å². The first-order chi connectivity index (χ1) is 17.5. The Hall–Kier alpha value is -2.72. The molecule has 6 rings (SSSR count). The molecule has 2 aliphatic carbocycles. The van der Waals surface area contributed by atoms with Crippen molar-refractivity contribution in [2.45, 2.75) is 57.4 Å². The van der Waals surface area contributed by atoms with E-state index in [9.17, 15) is 0 Å². The van der Waals surface area contributed by atoms with Crippen LogP contribution in [0.15, 0.2) is 109 Å². The van der Waals surface area contributed by atoms with Gasteiger partial charge in [-0.2, -0.15) is 0 Å². The molecule has 36 heavy (non-hydrogen) atoms. The molecule has 3 aromatic rings. The molecule has 0 spiro atoms. The van der Waals surface area contributed by atoms with Gasteiger partial charge in [-0.1, -0.05) is 109 Å². The first-order valence-corrected chi connectivity index (χ1v) is 15.6. The molecule has 0 bridgehead atoms. The molecule has 1 N–H and O–H groups in total. The predicted molar refractivity (Wildman–Crippen MR) is 154 cm³/mol. The van der Waals surface area contributed by atoms with E-state index in [2.05, 4.69) is 140 Å². The van der Waals surface area contributed by atoms with Crippen LogP contribution in [-0.4, -0.2) is 24.7 Å². The lowest BCUT2D eigenvalue weighted by Gasteiger charge is -2.46. The van der Waals surface area contributed by atoms with Gasteiger partial charge in [-0.3, -0.25) is 4.90 Å². The third-order valence-corrected chi connectivity index (χ3v) is 13.9.